The molecule has 1 amide bonds. The molecule has 0 aliphatic carbocycles. The van der Waals surface area contributed by atoms with E-state index in [9.17, 15) is 4.79 Å². The number of amides is 1. The molecular weight excluding hydrogens is 438 g/mol. The average molecular weight is 462 g/mol. The molecule has 0 spiro atoms. The van der Waals surface area contributed by atoms with Gasteiger partial charge in [-0.1, -0.05) is 42.1 Å². The van der Waals surface area contributed by atoms with Crippen LogP contribution in [0, 0.1) is 13.8 Å². The first-order valence-corrected chi connectivity index (χ1v) is 12.3. The van der Waals surface area contributed by atoms with E-state index in [4.69, 9.17) is 0 Å². The number of hydrogen-bond donors (Lipinski definition) is 0. The van der Waals surface area contributed by atoms with Crippen molar-refractivity contribution in [2.75, 3.05) is 17.2 Å². The number of carbonyl (C=O) groups excluding carboxylic acids is 1. The number of anilines is 1. The maximum absolute atomic E-state index is 13.0. The number of fused-ring (bicyclic) bond motifs is 1. The van der Waals surface area contributed by atoms with Crippen molar-refractivity contribution in [3.8, 4) is 22.6 Å². The lowest BCUT2D eigenvalue weighted by atomic mass is 10.1. The van der Waals surface area contributed by atoms with Gasteiger partial charge in [0, 0.05) is 35.8 Å². The molecule has 2 aromatic heterocycles. The quantitative estimate of drug-likeness (QED) is 0.396. The lowest BCUT2D eigenvalue weighted by Gasteiger charge is -2.17. The molecule has 4 aromatic rings. The minimum Gasteiger partial charge on any atom is -0.311 e. The molecule has 0 fully saturated rings. The zero-order valence-corrected chi connectivity index (χ0v) is 19.8. The van der Waals surface area contributed by atoms with Gasteiger partial charge in [-0.3, -0.25) is 4.79 Å². The van der Waals surface area contributed by atoms with E-state index in [0.29, 0.717) is 12.3 Å². The highest BCUT2D eigenvalue weighted by molar-refractivity contribution is 7.99. The Morgan fingerprint density at radius 3 is 2.78 bits per heavy atom. The molecule has 0 bridgehead atoms. The van der Waals surface area contributed by atoms with Gasteiger partial charge < -0.3 is 9.47 Å². The third kappa shape index (κ3) is 3.84. The molecule has 6 nitrogen and oxygen atoms in total. The number of benzene rings is 2. The standard InChI is InChI=1S/C24H23N5OS2/c1-15-6-4-5-7-19(15)23-26-27-24(28(23)3)32-14-22(30)29-11-10-18-12-17(8-9-21(18)29)20-13-31-16(2)25-20/h4-9,12-13H,10-11,14H2,1-3H3. The normalized spacial score (nSPS) is 12.9. The Morgan fingerprint density at radius 2 is 2.00 bits per heavy atom. The molecule has 1 aliphatic heterocycles. The molecule has 0 saturated heterocycles. The SMILES string of the molecule is Cc1nc(-c2ccc3c(c2)CCN3C(=O)CSc2nnc(-c3ccccc3C)n2C)cs1. The lowest BCUT2D eigenvalue weighted by molar-refractivity contribution is -0.116. The van der Waals surface area contributed by atoms with E-state index in [2.05, 4.69) is 45.7 Å². The Hall–Kier alpha value is -2.97. The maximum Gasteiger partial charge on any atom is 0.237 e. The summed E-state index contributed by atoms with van der Waals surface area (Å²) in [6, 6.07) is 14.4. The molecular formula is C24H23N5OS2. The van der Waals surface area contributed by atoms with E-state index in [1.54, 1.807) is 11.3 Å². The van der Waals surface area contributed by atoms with Gasteiger partial charge in [0.2, 0.25) is 5.91 Å². The Morgan fingerprint density at radius 1 is 1.16 bits per heavy atom. The maximum atomic E-state index is 13.0. The minimum absolute atomic E-state index is 0.0893. The van der Waals surface area contributed by atoms with E-state index < -0.39 is 0 Å². The van der Waals surface area contributed by atoms with E-state index in [0.717, 1.165) is 50.5 Å². The van der Waals surface area contributed by atoms with Gasteiger partial charge in [0.25, 0.3) is 0 Å². The Kier molecular flexibility index (Phi) is 5.57. The van der Waals surface area contributed by atoms with Gasteiger partial charge in [-0.05, 0) is 43.5 Å². The molecule has 0 N–H and O–H groups in total. The van der Waals surface area contributed by atoms with Gasteiger partial charge in [0.05, 0.1) is 16.5 Å². The Bertz CT molecular complexity index is 1310. The third-order valence-electron chi connectivity index (χ3n) is 5.74. The van der Waals surface area contributed by atoms with Crippen molar-refractivity contribution in [1.29, 1.82) is 0 Å². The third-order valence-corrected chi connectivity index (χ3v) is 7.51. The number of thioether (sulfide) groups is 1. The van der Waals surface area contributed by atoms with Crippen LogP contribution >= 0.6 is 23.1 Å². The van der Waals surface area contributed by atoms with E-state index >= 15 is 0 Å². The molecule has 0 unspecified atom stereocenters. The summed E-state index contributed by atoms with van der Waals surface area (Å²) in [6.45, 7) is 4.79. The van der Waals surface area contributed by atoms with Crippen LogP contribution in [0.1, 0.15) is 16.1 Å². The molecule has 0 atom stereocenters. The minimum atomic E-state index is 0.0893. The lowest BCUT2D eigenvalue weighted by Crippen LogP contribution is -2.30. The van der Waals surface area contributed by atoms with Crippen LogP contribution in [-0.4, -0.2) is 38.0 Å². The second-order valence-electron chi connectivity index (χ2n) is 7.86. The fourth-order valence-corrected chi connectivity index (χ4v) is 5.43. The number of rotatable bonds is 5. The number of hydrogen-bond acceptors (Lipinski definition) is 6. The first-order valence-electron chi connectivity index (χ1n) is 10.5. The Balaban J connectivity index is 1.29. The summed E-state index contributed by atoms with van der Waals surface area (Å²) in [4.78, 5) is 19.5. The number of thiazole rings is 1. The fraction of sp³-hybridized carbons (Fsp3) is 0.250. The van der Waals surface area contributed by atoms with Crippen LogP contribution in [0.25, 0.3) is 22.6 Å². The molecule has 0 saturated carbocycles. The van der Waals surface area contributed by atoms with Crippen molar-refractivity contribution in [2.45, 2.75) is 25.4 Å². The molecule has 1 aliphatic rings. The van der Waals surface area contributed by atoms with Crippen LogP contribution in [0.2, 0.25) is 0 Å². The first-order chi connectivity index (χ1) is 15.5. The van der Waals surface area contributed by atoms with Gasteiger partial charge in [0.15, 0.2) is 11.0 Å². The first kappa shape index (κ1) is 20.9. The van der Waals surface area contributed by atoms with Crippen LogP contribution in [0.5, 0.6) is 0 Å². The highest BCUT2D eigenvalue weighted by atomic mass is 32.2. The van der Waals surface area contributed by atoms with Crippen molar-refractivity contribution in [3.05, 3.63) is 64.0 Å². The smallest absolute Gasteiger partial charge is 0.237 e. The molecule has 3 heterocycles. The van der Waals surface area contributed by atoms with Gasteiger partial charge >= 0.3 is 0 Å². The predicted molar refractivity (Wildman–Crippen MR) is 130 cm³/mol. The average Bonchev–Trinajstić information content (AvgIpc) is 3.51. The second-order valence-corrected chi connectivity index (χ2v) is 9.86. The van der Waals surface area contributed by atoms with Crippen LogP contribution in [0.3, 0.4) is 0 Å². The predicted octanol–water partition coefficient (Wildman–Crippen LogP) is 4.90. The summed E-state index contributed by atoms with van der Waals surface area (Å²) in [6.07, 6.45) is 0.865. The zero-order chi connectivity index (χ0) is 22.2. The molecule has 5 rings (SSSR count). The van der Waals surface area contributed by atoms with Crippen molar-refractivity contribution in [2.24, 2.45) is 7.05 Å². The van der Waals surface area contributed by atoms with Crippen molar-refractivity contribution < 1.29 is 4.79 Å². The largest absolute Gasteiger partial charge is 0.311 e. The molecule has 162 valence electrons. The van der Waals surface area contributed by atoms with Gasteiger partial charge in [-0.2, -0.15) is 0 Å². The van der Waals surface area contributed by atoms with Crippen molar-refractivity contribution in [3.63, 3.8) is 0 Å². The highest BCUT2D eigenvalue weighted by Gasteiger charge is 2.26. The second kappa shape index (κ2) is 8.52. The number of aryl methyl sites for hydroxylation is 2. The molecule has 2 aromatic carbocycles. The van der Waals surface area contributed by atoms with Crippen LogP contribution in [0.15, 0.2) is 53.0 Å². The summed E-state index contributed by atoms with van der Waals surface area (Å²) < 4.78 is 1.96. The number of aromatic nitrogens is 4. The zero-order valence-electron chi connectivity index (χ0n) is 18.2. The summed E-state index contributed by atoms with van der Waals surface area (Å²) in [7, 11) is 1.95. The van der Waals surface area contributed by atoms with Gasteiger partial charge in [-0.15, -0.1) is 21.5 Å². The van der Waals surface area contributed by atoms with E-state index in [1.165, 1.54) is 17.3 Å². The van der Waals surface area contributed by atoms with Crippen LogP contribution in [-0.2, 0) is 18.3 Å². The van der Waals surface area contributed by atoms with Crippen LogP contribution in [0.4, 0.5) is 5.69 Å². The van der Waals surface area contributed by atoms with Crippen LogP contribution < -0.4 is 4.90 Å². The summed E-state index contributed by atoms with van der Waals surface area (Å²) in [5, 5.41) is 12.6. The van der Waals surface area contributed by atoms with E-state index in [1.807, 2.05) is 47.7 Å². The number of nitrogens with zero attached hydrogens (tertiary/aromatic N) is 5. The molecule has 8 heteroatoms. The molecule has 0 radical (unpaired) electrons. The monoisotopic (exact) mass is 461 g/mol. The summed E-state index contributed by atoms with van der Waals surface area (Å²) in [5.41, 5.74) is 6.52. The van der Waals surface area contributed by atoms with Crippen molar-refractivity contribution >= 4 is 34.7 Å². The van der Waals surface area contributed by atoms with E-state index in [-0.39, 0.29) is 5.91 Å². The van der Waals surface area contributed by atoms with Crippen molar-refractivity contribution in [1.82, 2.24) is 19.7 Å². The highest BCUT2D eigenvalue weighted by Crippen LogP contribution is 2.33. The van der Waals surface area contributed by atoms with Gasteiger partial charge in [-0.25, -0.2) is 4.98 Å². The summed E-state index contributed by atoms with van der Waals surface area (Å²) >= 11 is 3.08. The molecule has 32 heavy (non-hydrogen) atoms. The topological polar surface area (TPSA) is 63.9 Å². The fourth-order valence-electron chi connectivity index (χ4n) is 4.02. The summed E-state index contributed by atoms with van der Waals surface area (Å²) in [5.74, 6) is 1.23. The number of carbonyl (C=O) groups is 1. The Labute approximate surface area is 195 Å². The van der Waals surface area contributed by atoms with Gasteiger partial charge in [0.1, 0.15) is 0 Å².